The largest absolute Gasteiger partial charge is 0.494 e. The fourth-order valence-corrected chi connectivity index (χ4v) is 2.72. The lowest BCUT2D eigenvalue weighted by Crippen LogP contribution is -2.31. The van der Waals surface area contributed by atoms with E-state index in [1.165, 1.54) is 32.8 Å². The predicted molar refractivity (Wildman–Crippen MR) is 71.2 cm³/mol. The molecule has 0 aromatic heterocycles. The first-order valence-electron chi connectivity index (χ1n) is 6.76. The van der Waals surface area contributed by atoms with Crippen molar-refractivity contribution >= 4 is 0 Å². The fraction of sp³-hybridized carbons (Fsp3) is 0.600. The van der Waals surface area contributed by atoms with Crippen molar-refractivity contribution in [1.29, 1.82) is 0 Å². The summed E-state index contributed by atoms with van der Waals surface area (Å²) in [5, 5.41) is 3.50. The van der Waals surface area contributed by atoms with Gasteiger partial charge in [-0.25, -0.2) is 4.39 Å². The maximum atomic E-state index is 13.5. The van der Waals surface area contributed by atoms with Crippen molar-refractivity contribution in [1.82, 2.24) is 5.32 Å². The molecule has 0 amide bonds. The maximum Gasteiger partial charge on any atom is 0.165 e. The topological polar surface area (TPSA) is 21.3 Å². The van der Waals surface area contributed by atoms with Crippen LogP contribution in [0.3, 0.4) is 0 Å². The van der Waals surface area contributed by atoms with Crippen LogP contribution in [-0.4, -0.2) is 13.2 Å². The van der Waals surface area contributed by atoms with Gasteiger partial charge in [-0.2, -0.15) is 0 Å². The van der Waals surface area contributed by atoms with Crippen LogP contribution in [-0.2, 0) is 6.54 Å². The summed E-state index contributed by atoms with van der Waals surface area (Å²) in [7, 11) is 1.48. The Morgan fingerprint density at radius 3 is 2.72 bits per heavy atom. The summed E-state index contributed by atoms with van der Waals surface area (Å²) in [6, 6.07) is 5.66. The molecule has 18 heavy (non-hydrogen) atoms. The predicted octanol–water partition coefficient (Wildman–Crippen LogP) is 3.50. The van der Waals surface area contributed by atoms with Gasteiger partial charge in [0.1, 0.15) is 0 Å². The third kappa shape index (κ3) is 3.22. The second kappa shape index (κ2) is 6.19. The second-order valence-corrected chi connectivity index (χ2v) is 5.18. The Kier molecular flexibility index (Phi) is 4.59. The summed E-state index contributed by atoms with van der Waals surface area (Å²) in [5.41, 5.74) is 0.971. The molecule has 2 rings (SSSR count). The molecule has 1 aromatic carbocycles. The lowest BCUT2D eigenvalue weighted by atomic mass is 9.99. The Morgan fingerprint density at radius 1 is 1.39 bits per heavy atom. The number of halogens is 1. The zero-order chi connectivity index (χ0) is 13.0. The standard InChI is InChI=1S/C15H22FNO/c1-11(13-5-3-4-6-13)17-10-12-7-8-15(18-2)14(16)9-12/h7-9,11,13,17H,3-6,10H2,1-2H3/t11-/m1/s1. The number of methoxy groups -OCH3 is 1. The van der Waals surface area contributed by atoms with Gasteiger partial charge in [0.05, 0.1) is 7.11 Å². The molecule has 1 aliphatic carbocycles. The van der Waals surface area contributed by atoms with E-state index in [2.05, 4.69) is 12.2 Å². The van der Waals surface area contributed by atoms with Crippen molar-refractivity contribution in [2.24, 2.45) is 5.92 Å². The van der Waals surface area contributed by atoms with Gasteiger partial charge < -0.3 is 10.1 Å². The van der Waals surface area contributed by atoms with Crippen LogP contribution in [0.2, 0.25) is 0 Å². The van der Waals surface area contributed by atoms with E-state index in [-0.39, 0.29) is 5.82 Å². The molecule has 0 unspecified atom stereocenters. The Hall–Kier alpha value is -1.09. The molecule has 0 saturated heterocycles. The molecule has 1 aromatic rings. The van der Waals surface area contributed by atoms with Gasteiger partial charge in [0.2, 0.25) is 0 Å². The van der Waals surface area contributed by atoms with Gasteiger partial charge in [-0.15, -0.1) is 0 Å². The van der Waals surface area contributed by atoms with Gasteiger partial charge in [0, 0.05) is 12.6 Å². The van der Waals surface area contributed by atoms with Crippen LogP contribution >= 0.6 is 0 Å². The van der Waals surface area contributed by atoms with E-state index < -0.39 is 0 Å². The molecule has 1 fully saturated rings. The Balaban J connectivity index is 1.87. The minimum atomic E-state index is -0.287. The average molecular weight is 251 g/mol. The highest BCUT2D eigenvalue weighted by Crippen LogP contribution is 2.27. The minimum absolute atomic E-state index is 0.287. The highest BCUT2D eigenvalue weighted by molar-refractivity contribution is 5.29. The minimum Gasteiger partial charge on any atom is -0.494 e. The van der Waals surface area contributed by atoms with Gasteiger partial charge in [0.15, 0.2) is 11.6 Å². The highest BCUT2D eigenvalue weighted by atomic mass is 19.1. The van der Waals surface area contributed by atoms with Crippen molar-refractivity contribution in [2.45, 2.75) is 45.2 Å². The van der Waals surface area contributed by atoms with Gasteiger partial charge in [0.25, 0.3) is 0 Å². The number of ether oxygens (including phenoxy) is 1. The van der Waals surface area contributed by atoms with Crippen LogP contribution in [0.15, 0.2) is 18.2 Å². The lowest BCUT2D eigenvalue weighted by Gasteiger charge is -2.20. The first-order chi connectivity index (χ1) is 8.70. The van der Waals surface area contributed by atoms with Gasteiger partial charge in [-0.1, -0.05) is 18.9 Å². The Bertz CT molecular complexity index is 388. The summed E-state index contributed by atoms with van der Waals surface area (Å²) in [6.45, 7) is 2.95. The summed E-state index contributed by atoms with van der Waals surface area (Å²) in [4.78, 5) is 0. The number of hydrogen-bond acceptors (Lipinski definition) is 2. The molecule has 0 bridgehead atoms. The zero-order valence-electron chi connectivity index (χ0n) is 11.2. The molecule has 0 heterocycles. The molecule has 0 spiro atoms. The summed E-state index contributed by atoms with van der Waals surface area (Å²) in [6.07, 6.45) is 5.36. The number of benzene rings is 1. The molecule has 100 valence electrons. The van der Waals surface area contributed by atoms with Gasteiger partial charge in [-0.05, 0) is 43.4 Å². The summed E-state index contributed by atoms with van der Waals surface area (Å²) >= 11 is 0. The lowest BCUT2D eigenvalue weighted by molar-refractivity contribution is 0.377. The second-order valence-electron chi connectivity index (χ2n) is 5.18. The molecule has 1 saturated carbocycles. The van der Waals surface area contributed by atoms with Crippen molar-refractivity contribution in [3.8, 4) is 5.75 Å². The molecule has 0 aliphatic heterocycles. The molecule has 1 N–H and O–H groups in total. The molecule has 0 radical (unpaired) electrons. The van der Waals surface area contributed by atoms with Gasteiger partial charge >= 0.3 is 0 Å². The third-order valence-electron chi connectivity index (χ3n) is 3.95. The van der Waals surface area contributed by atoms with Gasteiger partial charge in [-0.3, -0.25) is 0 Å². The SMILES string of the molecule is COc1ccc(CN[C@H](C)C2CCCC2)cc1F. The molecule has 1 aliphatic rings. The van der Waals surface area contributed by atoms with Crippen LogP contribution in [0.1, 0.15) is 38.2 Å². The quantitative estimate of drug-likeness (QED) is 0.864. The van der Waals surface area contributed by atoms with E-state index in [4.69, 9.17) is 4.74 Å². The van der Waals surface area contributed by atoms with E-state index in [0.29, 0.717) is 11.8 Å². The molecular weight excluding hydrogens is 229 g/mol. The van der Waals surface area contributed by atoms with Crippen molar-refractivity contribution in [3.63, 3.8) is 0 Å². The normalized spacial score (nSPS) is 17.9. The smallest absolute Gasteiger partial charge is 0.165 e. The van der Waals surface area contributed by atoms with Crippen LogP contribution in [0.25, 0.3) is 0 Å². The summed E-state index contributed by atoms with van der Waals surface area (Å²) in [5.74, 6) is 0.806. The van der Waals surface area contributed by atoms with Crippen LogP contribution < -0.4 is 10.1 Å². The van der Waals surface area contributed by atoms with E-state index in [9.17, 15) is 4.39 Å². The van der Waals surface area contributed by atoms with E-state index >= 15 is 0 Å². The average Bonchev–Trinajstić information content (AvgIpc) is 2.90. The first-order valence-corrected chi connectivity index (χ1v) is 6.76. The molecule has 3 heteroatoms. The number of nitrogens with one attached hydrogen (secondary N) is 1. The van der Waals surface area contributed by atoms with Crippen LogP contribution in [0.5, 0.6) is 5.75 Å². The summed E-state index contributed by atoms with van der Waals surface area (Å²) < 4.78 is 18.4. The first kappa shape index (κ1) is 13.3. The molecule has 2 nitrogen and oxygen atoms in total. The maximum absolute atomic E-state index is 13.5. The number of hydrogen-bond donors (Lipinski definition) is 1. The molecular formula is C15H22FNO. The van der Waals surface area contributed by atoms with Crippen molar-refractivity contribution in [3.05, 3.63) is 29.6 Å². The number of rotatable bonds is 5. The van der Waals surface area contributed by atoms with E-state index in [1.54, 1.807) is 12.1 Å². The van der Waals surface area contributed by atoms with Crippen LogP contribution in [0.4, 0.5) is 4.39 Å². The highest BCUT2D eigenvalue weighted by Gasteiger charge is 2.20. The fourth-order valence-electron chi connectivity index (χ4n) is 2.72. The Labute approximate surface area is 109 Å². The third-order valence-corrected chi connectivity index (χ3v) is 3.95. The monoisotopic (exact) mass is 251 g/mol. The van der Waals surface area contributed by atoms with Crippen LogP contribution in [0, 0.1) is 11.7 Å². The van der Waals surface area contributed by atoms with Crippen molar-refractivity contribution < 1.29 is 9.13 Å². The van der Waals surface area contributed by atoms with E-state index in [1.807, 2.05) is 6.07 Å². The Morgan fingerprint density at radius 2 is 2.11 bits per heavy atom. The van der Waals surface area contributed by atoms with Crippen molar-refractivity contribution in [2.75, 3.05) is 7.11 Å². The molecule has 1 atom stereocenters. The van der Waals surface area contributed by atoms with E-state index in [0.717, 1.165) is 18.0 Å². The zero-order valence-corrected chi connectivity index (χ0v) is 11.2.